The van der Waals surface area contributed by atoms with Gasteiger partial charge >= 0.3 is 0 Å². The third-order valence-electron chi connectivity index (χ3n) is 3.99. The lowest BCUT2D eigenvalue weighted by Gasteiger charge is -2.33. The second kappa shape index (κ2) is 3.09. The molecule has 1 aromatic rings. The molecule has 0 aliphatic heterocycles. The van der Waals surface area contributed by atoms with E-state index in [2.05, 4.69) is 45.0 Å². The van der Waals surface area contributed by atoms with Crippen molar-refractivity contribution in [2.75, 3.05) is 0 Å². The third-order valence-corrected chi connectivity index (χ3v) is 3.99. The van der Waals surface area contributed by atoms with Crippen LogP contribution >= 0.6 is 0 Å². The molecule has 0 saturated heterocycles. The third kappa shape index (κ3) is 1.19. The van der Waals surface area contributed by atoms with E-state index in [9.17, 15) is 0 Å². The number of hydrogen-bond donors (Lipinski definition) is 1. The molecule has 14 heavy (non-hydrogen) atoms. The highest BCUT2D eigenvalue weighted by molar-refractivity contribution is 5.37. The molecule has 0 radical (unpaired) electrons. The Bertz CT molecular complexity index is 343. The van der Waals surface area contributed by atoms with Crippen LogP contribution in [0.15, 0.2) is 24.3 Å². The summed E-state index contributed by atoms with van der Waals surface area (Å²) in [6.45, 7) is 6.85. The Balaban J connectivity index is 2.43. The molecule has 0 fully saturated rings. The highest BCUT2D eigenvalue weighted by atomic mass is 14.7. The zero-order chi connectivity index (χ0) is 10.3. The van der Waals surface area contributed by atoms with Gasteiger partial charge in [0.15, 0.2) is 0 Å². The minimum atomic E-state index is 0.207. The minimum Gasteiger partial charge on any atom is -0.323 e. The van der Waals surface area contributed by atoms with Crippen LogP contribution in [0.1, 0.15) is 37.9 Å². The molecule has 0 spiro atoms. The Morgan fingerprint density at radius 2 is 2.00 bits per heavy atom. The summed E-state index contributed by atoms with van der Waals surface area (Å²) in [5.41, 5.74) is 9.36. The van der Waals surface area contributed by atoms with E-state index >= 15 is 0 Å². The summed E-state index contributed by atoms with van der Waals surface area (Å²) in [7, 11) is 0. The van der Waals surface area contributed by atoms with Gasteiger partial charge in [0.2, 0.25) is 0 Å². The number of benzene rings is 1. The maximum atomic E-state index is 6.33. The van der Waals surface area contributed by atoms with Gasteiger partial charge in [-0.3, -0.25) is 0 Å². The predicted molar refractivity (Wildman–Crippen MR) is 60.0 cm³/mol. The molecule has 76 valence electrons. The van der Waals surface area contributed by atoms with Crippen molar-refractivity contribution in [1.82, 2.24) is 0 Å². The molecule has 1 unspecified atom stereocenters. The quantitative estimate of drug-likeness (QED) is 0.722. The van der Waals surface area contributed by atoms with Crippen LogP contribution in [0.2, 0.25) is 0 Å². The first-order valence-corrected chi connectivity index (χ1v) is 5.39. The molecule has 0 amide bonds. The molecule has 0 bridgehead atoms. The predicted octanol–water partition coefficient (Wildman–Crippen LogP) is 2.90. The Morgan fingerprint density at radius 3 is 2.57 bits per heavy atom. The van der Waals surface area contributed by atoms with Crippen LogP contribution in [0.5, 0.6) is 0 Å². The zero-order valence-electron chi connectivity index (χ0n) is 9.25. The van der Waals surface area contributed by atoms with Gasteiger partial charge in [-0.05, 0) is 28.9 Å². The van der Waals surface area contributed by atoms with Gasteiger partial charge in [-0.25, -0.2) is 0 Å². The molecule has 2 atom stereocenters. The van der Waals surface area contributed by atoms with Crippen LogP contribution < -0.4 is 5.73 Å². The standard InChI is InChI=1S/C13H19N/c1-9(2)13(3)8-10-6-4-5-7-11(10)12(13)14/h4-7,9,12H,8,14H2,1-3H3/t12-,13?/m1/s1. The largest absolute Gasteiger partial charge is 0.323 e. The van der Waals surface area contributed by atoms with Crippen molar-refractivity contribution in [3.05, 3.63) is 35.4 Å². The number of hydrogen-bond acceptors (Lipinski definition) is 1. The average molecular weight is 189 g/mol. The fourth-order valence-corrected chi connectivity index (χ4v) is 2.44. The van der Waals surface area contributed by atoms with Gasteiger partial charge in [-0.2, -0.15) is 0 Å². The molecule has 0 heterocycles. The van der Waals surface area contributed by atoms with Crippen molar-refractivity contribution in [3.63, 3.8) is 0 Å². The fraction of sp³-hybridized carbons (Fsp3) is 0.538. The molecule has 0 saturated carbocycles. The van der Waals surface area contributed by atoms with Crippen molar-refractivity contribution in [3.8, 4) is 0 Å². The van der Waals surface area contributed by atoms with Crippen LogP contribution in [0, 0.1) is 11.3 Å². The first-order chi connectivity index (χ1) is 6.55. The summed E-state index contributed by atoms with van der Waals surface area (Å²) in [5.74, 6) is 0.630. The topological polar surface area (TPSA) is 26.0 Å². The Labute approximate surface area is 86.3 Å². The van der Waals surface area contributed by atoms with Crippen LogP contribution in [0.3, 0.4) is 0 Å². The fourth-order valence-electron chi connectivity index (χ4n) is 2.44. The van der Waals surface area contributed by atoms with E-state index in [1.54, 1.807) is 0 Å². The summed E-state index contributed by atoms with van der Waals surface area (Å²) < 4.78 is 0. The monoisotopic (exact) mass is 189 g/mol. The van der Waals surface area contributed by atoms with E-state index in [1.807, 2.05) is 0 Å². The van der Waals surface area contributed by atoms with Gasteiger partial charge in [0.1, 0.15) is 0 Å². The Kier molecular flexibility index (Phi) is 2.15. The molecule has 1 aromatic carbocycles. The number of fused-ring (bicyclic) bond motifs is 1. The summed E-state index contributed by atoms with van der Waals surface area (Å²) in [6, 6.07) is 8.79. The summed E-state index contributed by atoms with van der Waals surface area (Å²) in [4.78, 5) is 0. The van der Waals surface area contributed by atoms with Crippen LogP contribution in [-0.4, -0.2) is 0 Å². The lowest BCUT2D eigenvalue weighted by molar-refractivity contribution is 0.187. The van der Waals surface area contributed by atoms with E-state index in [4.69, 9.17) is 5.73 Å². The van der Waals surface area contributed by atoms with E-state index in [0.29, 0.717) is 5.92 Å². The summed E-state index contributed by atoms with van der Waals surface area (Å²) in [5, 5.41) is 0. The van der Waals surface area contributed by atoms with Gasteiger partial charge in [-0.15, -0.1) is 0 Å². The summed E-state index contributed by atoms with van der Waals surface area (Å²) >= 11 is 0. The highest BCUT2D eigenvalue weighted by Crippen LogP contribution is 2.48. The molecular formula is C13H19N. The lowest BCUT2D eigenvalue weighted by atomic mass is 9.74. The molecule has 2 N–H and O–H groups in total. The van der Waals surface area contributed by atoms with Gasteiger partial charge in [0.25, 0.3) is 0 Å². The van der Waals surface area contributed by atoms with Gasteiger partial charge in [-0.1, -0.05) is 45.0 Å². The van der Waals surface area contributed by atoms with E-state index in [-0.39, 0.29) is 11.5 Å². The van der Waals surface area contributed by atoms with Crippen molar-refractivity contribution in [1.29, 1.82) is 0 Å². The van der Waals surface area contributed by atoms with E-state index < -0.39 is 0 Å². The molecule has 2 rings (SSSR count). The Hall–Kier alpha value is -0.820. The molecular weight excluding hydrogens is 170 g/mol. The second-order valence-corrected chi connectivity index (χ2v) is 5.01. The maximum absolute atomic E-state index is 6.33. The van der Waals surface area contributed by atoms with Gasteiger partial charge in [0, 0.05) is 6.04 Å². The zero-order valence-corrected chi connectivity index (χ0v) is 9.25. The molecule has 1 aliphatic carbocycles. The minimum absolute atomic E-state index is 0.207. The number of nitrogens with two attached hydrogens (primary N) is 1. The van der Waals surface area contributed by atoms with Gasteiger partial charge in [0.05, 0.1) is 0 Å². The van der Waals surface area contributed by atoms with Crippen LogP contribution in [0.4, 0.5) is 0 Å². The van der Waals surface area contributed by atoms with Crippen LogP contribution in [-0.2, 0) is 6.42 Å². The van der Waals surface area contributed by atoms with Crippen LogP contribution in [0.25, 0.3) is 0 Å². The first-order valence-electron chi connectivity index (χ1n) is 5.39. The van der Waals surface area contributed by atoms with E-state index in [0.717, 1.165) is 6.42 Å². The smallest absolute Gasteiger partial charge is 0.0357 e. The normalized spacial score (nSPS) is 30.8. The van der Waals surface area contributed by atoms with Crippen molar-refractivity contribution in [2.24, 2.45) is 17.1 Å². The average Bonchev–Trinajstić information content (AvgIpc) is 2.42. The number of rotatable bonds is 1. The first kappa shape index (κ1) is 9.72. The Morgan fingerprint density at radius 1 is 1.36 bits per heavy atom. The maximum Gasteiger partial charge on any atom is 0.0357 e. The van der Waals surface area contributed by atoms with E-state index in [1.165, 1.54) is 11.1 Å². The second-order valence-electron chi connectivity index (χ2n) is 5.01. The molecule has 1 heteroatoms. The van der Waals surface area contributed by atoms with Crippen molar-refractivity contribution >= 4 is 0 Å². The SMILES string of the molecule is CC(C)C1(C)Cc2ccccc2[C@H]1N. The van der Waals surface area contributed by atoms with Crippen molar-refractivity contribution in [2.45, 2.75) is 33.2 Å². The lowest BCUT2D eigenvalue weighted by Crippen LogP contribution is -2.33. The van der Waals surface area contributed by atoms with Crippen molar-refractivity contribution < 1.29 is 0 Å². The molecule has 1 aliphatic rings. The molecule has 0 aromatic heterocycles. The highest BCUT2D eigenvalue weighted by Gasteiger charge is 2.42. The molecule has 1 nitrogen and oxygen atoms in total. The summed E-state index contributed by atoms with van der Waals surface area (Å²) in [6.07, 6.45) is 1.13. The van der Waals surface area contributed by atoms with Gasteiger partial charge < -0.3 is 5.73 Å².